The minimum atomic E-state index is -0.831. The molecule has 9 heteroatoms. The van der Waals surface area contributed by atoms with Gasteiger partial charge in [0.2, 0.25) is 0 Å². The molecule has 3 N–H and O–H groups in total. The molecule has 0 spiro atoms. The Bertz CT molecular complexity index is 918. The molecule has 2 aromatic rings. The average Bonchev–Trinajstić information content (AvgIpc) is 2.54. The first-order valence-corrected chi connectivity index (χ1v) is 8.41. The molecule has 0 aliphatic heterocycles. The Kier molecular flexibility index (Phi) is 6.33. The zero-order chi connectivity index (χ0) is 19.4. The normalized spacial score (nSPS) is 11.1. The molecular weight excluding hydrogens is 363 g/mol. The highest BCUT2D eigenvalue weighted by atomic mass is 35.5. The first-order chi connectivity index (χ1) is 12.3. The van der Waals surface area contributed by atoms with Crippen molar-refractivity contribution in [3.05, 3.63) is 61.0 Å². The van der Waals surface area contributed by atoms with Crippen LogP contribution < -0.4 is 17.0 Å². The third-order valence-electron chi connectivity index (χ3n) is 3.87. The van der Waals surface area contributed by atoms with Crippen LogP contribution in [0.15, 0.2) is 27.8 Å². The second-order valence-corrected chi connectivity index (χ2v) is 6.37. The Labute approximate surface area is 154 Å². The summed E-state index contributed by atoms with van der Waals surface area (Å²) in [5, 5.41) is 0.248. The first kappa shape index (κ1) is 19.9. The first-order valence-electron chi connectivity index (χ1n) is 8.03. The summed E-state index contributed by atoms with van der Waals surface area (Å²) in [6.07, 6.45) is 0.607. The molecule has 0 aliphatic rings. The number of H-pyrrole nitrogens is 1. The Hall–Kier alpha value is -2.45. The maximum absolute atomic E-state index is 13.9. The summed E-state index contributed by atoms with van der Waals surface area (Å²) in [6.45, 7) is 2.00. The van der Waals surface area contributed by atoms with E-state index >= 15 is 0 Å². The van der Waals surface area contributed by atoms with Gasteiger partial charge in [-0.25, -0.2) is 9.18 Å². The van der Waals surface area contributed by atoms with E-state index in [0.29, 0.717) is 6.42 Å². The van der Waals surface area contributed by atoms with Crippen molar-refractivity contribution < 1.29 is 9.18 Å². The zero-order valence-corrected chi connectivity index (χ0v) is 15.3. The van der Waals surface area contributed by atoms with E-state index < -0.39 is 22.8 Å². The number of carbonyl (C=O) groups is 1. The lowest BCUT2D eigenvalue weighted by Gasteiger charge is -2.18. The van der Waals surface area contributed by atoms with E-state index in [2.05, 4.69) is 4.98 Å². The number of benzene rings is 1. The van der Waals surface area contributed by atoms with Gasteiger partial charge >= 0.3 is 5.69 Å². The summed E-state index contributed by atoms with van der Waals surface area (Å²) in [5.74, 6) is -1.21. The molecular formula is C17H20ClFN4O3. The lowest BCUT2D eigenvalue weighted by molar-refractivity contribution is 0.0941. The van der Waals surface area contributed by atoms with Crippen LogP contribution in [0, 0.1) is 5.82 Å². The molecule has 1 heterocycles. The number of nitrogens with two attached hydrogens (primary N) is 1. The number of aromatic nitrogens is 2. The van der Waals surface area contributed by atoms with Gasteiger partial charge in [-0.3, -0.25) is 24.0 Å². The smallest absolute Gasteiger partial charge is 0.329 e. The van der Waals surface area contributed by atoms with E-state index in [1.54, 1.807) is 13.1 Å². The van der Waals surface area contributed by atoms with Gasteiger partial charge in [0.25, 0.3) is 5.56 Å². The molecule has 0 aliphatic carbocycles. The molecule has 0 unspecified atom stereocenters. The Morgan fingerprint density at radius 1 is 1.38 bits per heavy atom. The number of hydrogen-bond donors (Lipinski definition) is 2. The maximum atomic E-state index is 13.9. The fraction of sp³-hybridized carbons (Fsp3) is 0.353. The fourth-order valence-electron chi connectivity index (χ4n) is 2.64. The standard InChI is InChI=1S/C17H20ClFN4O3/c1-3-7-23-15(20)14(16(25)21-17(23)26)13(24)9-22(2)8-10-11(18)5-4-6-12(10)19/h4-6H,3,7-9,20H2,1-2H3,(H,21,25,26). The summed E-state index contributed by atoms with van der Waals surface area (Å²) in [5.41, 5.74) is 4.36. The van der Waals surface area contributed by atoms with Crippen LogP contribution in [-0.4, -0.2) is 33.8 Å². The summed E-state index contributed by atoms with van der Waals surface area (Å²) >= 11 is 5.99. The molecule has 0 saturated carbocycles. The lowest BCUT2D eigenvalue weighted by Crippen LogP contribution is -2.38. The van der Waals surface area contributed by atoms with Crippen molar-refractivity contribution in [1.29, 1.82) is 0 Å². The van der Waals surface area contributed by atoms with Crippen LogP contribution in [0.1, 0.15) is 29.3 Å². The van der Waals surface area contributed by atoms with E-state index in [1.807, 2.05) is 6.92 Å². The predicted molar refractivity (Wildman–Crippen MR) is 98.1 cm³/mol. The molecule has 0 saturated heterocycles. The predicted octanol–water partition coefficient (Wildman–Crippen LogP) is 1.64. The second-order valence-electron chi connectivity index (χ2n) is 5.97. The number of hydrogen-bond acceptors (Lipinski definition) is 5. The molecule has 0 bridgehead atoms. The number of ketones is 1. The highest BCUT2D eigenvalue weighted by Crippen LogP contribution is 2.20. The van der Waals surface area contributed by atoms with Crippen molar-refractivity contribution in [2.45, 2.75) is 26.4 Å². The lowest BCUT2D eigenvalue weighted by atomic mass is 10.1. The molecule has 26 heavy (non-hydrogen) atoms. The number of aromatic amines is 1. The second kappa shape index (κ2) is 8.29. The number of nitrogens with one attached hydrogen (secondary N) is 1. The van der Waals surface area contributed by atoms with Crippen LogP contribution in [0.25, 0.3) is 0 Å². The highest BCUT2D eigenvalue weighted by molar-refractivity contribution is 6.31. The Morgan fingerprint density at radius 2 is 2.08 bits per heavy atom. The van der Waals surface area contributed by atoms with Gasteiger partial charge < -0.3 is 5.73 Å². The molecule has 7 nitrogen and oxygen atoms in total. The number of carbonyl (C=O) groups excluding carboxylic acids is 1. The van der Waals surface area contributed by atoms with Crippen LogP contribution in [0.2, 0.25) is 5.02 Å². The number of nitrogens with zero attached hydrogens (tertiary/aromatic N) is 2. The maximum Gasteiger partial charge on any atom is 0.329 e. The number of nitrogen functional groups attached to an aromatic ring is 1. The Balaban J connectivity index is 2.26. The monoisotopic (exact) mass is 382 g/mol. The zero-order valence-electron chi connectivity index (χ0n) is 14.5. The Morgan fingerprint density at radius 3 is 2.69 bits per heavy atom. The highest BCUT2D eigenvalue weighted by Gasteiger charge is 2.21. The number of Topliss-reactive ketones (excluding diaryl/α,β-unsaturated/α-hetero) is 1. The van der Waals surface area contributed by atoms with Crippen LogP contribution in [0.3, 0.4) is 0 Å². The van der Waals surface area contributed by atoms with E-state index in [1.165, 1.54) is 17.0 Å². The fourth-order valence-corrected chi connectivity index (χ4v) is 2.86. The van der Waals surface area contributed by atoms with Crippen molar-refractivity contribution in [2.24, 2.45) is 0 Å². The van der Waals surface area contributed by atoms with Crippen molar-refractivity contribution >= 4 is 23.2 Å². The van der Waals surface area contributed by atoms with Gasteiger partial charge in [-0.2, -0.15) is 0 Å². The quantitative estimate of drug-likeness (QED) is 0.709. The number of halogens is 2. The minimum absolute atomic E-state index is 0.0731. The SMILES string of the molecule is CCCn1c(N)c(C(=O)CN(C)Cc2c(F)cccc2Cl)c(=O)[nH]c1=O. The van der Waals surface area contributed by atoms with Crippen LogP contribution >= 0.6 is 11.6 Å². The van der Waals surface area contributed by atoms with Gasteiger partial charge in [-0.15, -0.1) is 0 Å². The summed E-state index contributed by atoms with van der Waals surface area (Å²) in [7, 11) is 1.59. The van der Waals surface area contributed by atoms with E-state index in [-0.39, 0.29) is 41.6 Å². The van der Waals surface area contributed by atoms with E-state index in [4.69, 9.17) is 17.3 Å². The average molecular weight is 383 g/mol. The van der Waals surface area contributed by atoms with Gasteiger partial charge in [0.05, 0.1) is 6.54 Å². The minimum Gasteiger partial charge on any atom is -0.384 e. The third kappa shape index (κ3) is 4.20. The van der Waals surface area contributed by atoms with E-state index in [0.717, 1.165) is 4.57 Å². The van der Waals surface area contributed by atoms with E-state index in [9.17, 15) is 18.8 Å². The van der Waals surface area contributed by atoms with Crippen LogP contribution in [0.5, 0.6) is 0 Å². The molecule has 0 fully saturated rings. The number of rotatable bonds is 7. The number of likely N-dealkylation sites (N-methyl/N-ethyl adjacent to an activating group) is 1. The number of anilines is 1. The summed E-state index contributed by atoms with van der Waals surface area (Å²) < 4.78 is 15.0. The largest absolute Gasteiger partial charge is 0.384 e. The van der Waals surface area contributed by atoms with Gasteiger partial charge in [0.15, 0.2) is 5.78 Å². The molecule has 0 radical (unpaired) electrons. The van der Waals surface area contributed by atoms with Crippen LogP contribution in [-0.2, 0) is 13.1 Å². The summed E-state index contributed by atoms with van der Waals surface area (Å²) in [4.78, 5) is 40.0. The molecule has 2 rings (SSSR count). The van der Waals surface area contributed by atoms with Gasteiger partial charge in [-0.05, 0) is 25.6 Å². The van der Waals surface area contributed by atoms with Crippen LogP contribution in [0.4, 0.5) is 10.2 Å². The van der Waals surface area contributed by atoms with Crippen molar-refractivity contribution in [1.82, 2.24) is 14.5 Å². The van der Waals surface area contributed by atoms with Gasteiger partial charge in [-0.1, -0.05) is 24.6 Å². The molecule has 1 aromatic carbocycles. The van der Waals surface area contributed by atoms with Crippen molar-refractivity contribution in [3.63, 3.8) is 0 Å². The topological polar surface area (TPSA) is 101 Å². The molecule has 0 atom stereocenters. The van der Waals surface area contributed by atoms with Crippen molar-refractivity contribution in [3.8, 4) is 0 Å². The van der Waals surface area contributed by atoms with Gasteiger partial charge in [0.1, 0.15) is 17.2 Å². The molecule has 0 amide bonds. The summed E-state index contributed by atoms with van der Waals surface area (Å²) in [6, 6.07) is 4.32. The third-order valence-corrected chi connectivity index (χ3v) is 4.22. The molecule has 1 aromatic heterocycles. The van der Waals surface area contributed by atoms with Gasteiger partial charge in [0, 0.05) is 23.7 Å². The van der Waals surface area contributed by atoms with Crippen molar-refractivity contribution in [2.75, 3.05) is 19.3 Å². The molecule has 140 valence electrons.